The number of nitrogens with zero attached hydrogens (tertiary/aromatic N) is 3. The lowest BCUT2D eigenvalue weighted by molar-refractivity contribution is 0.0428. The Balaban J connectivity index is 0.00000364. The fraction of sp³-hybridized carbons (Fsp3) is 0.737. The van der Waals surface area contributed by atoms with Gasteiger partial charge in [0.05, 0.1) is 6.54 Å². The van der Waals surface area contributed by atoms with Crippen molar-refractivity contribution in [1.82, 2.24) is 20.4 Å². The molecule has 1 fully saturated rings. The number of likely N-dealkylation sites (N-methyl/N-ethyl adjacent to an activating group) is 1. The van der Waals surface area contributed by atoms with Crippen LogP contribution in [0, 0.1) is 6.92 Å². The van der Waals surface area contributed by atoms with Gasteiger partial charge in [0, 0.05) is 45.3 Å². The summed E-state index contributed by atoms with van der Waals surface area (Å²) in [7, 11) is 2.17. The Hall–Kier alpha value is -0.840. The van der Waals surface area contributed by atoms with Gasteiger partial charge < -0.3 is 25.1 Å². The smallest absolute Gasteiger partial charge is 0.191 e. The highest BCUT2D eigenvalue weighted by atomic mass is 127. The summed E-state index contributed by atoms with van der Waals surface area (Å²) in [6.07, 6.45) is 0. The van der Waals surface area contributed by atoms with Crippen LogP contribution in [0.2, 0.25) is 0 Å². The molecular weight excluding hydrogens is 457 g/mol. The number of aliphatic imine (C=N–C) groups is 1. The lowest BCUT2D eigenvalue weighted by atomic mass is 10.0. The minimum atomic E-state index is -1.13. The zero-order chi connectivity index (χ0) is 19.2. The number of guanidine groups is 1. The van der Waals surface area contributed by atoms with Crippen LogP contribution >= 0.6 is 24.0 Å². The van der Waals surface area contributed by atoms with Gasteiger partial charge in [-0.1, -0.05) is 0 Å². The topological polar surface area (TPSA) is 76.3 Å². The van der Waals surface area contributed by atoms with E-state index < -0.39 is 5.60 Å². The molecule has 3 N–H and O–H groups in total. The average Bonchev–Trinajstić information content (AvgIpc) is 3.05. The quantitative estimate of drug-likeness (QED) is 0.305. The van der Waals surface area contributed by atoms with Gasteiger partial charge in [0.15, 0.2) is 5.96 Å². The second-order valence-corrected chi connectivity index (χ2v) is 7.45. The summed E-state index contributed by atoms with van der Waals surface area (Å²) in [5, 5.41) is 17.3. The summed E-state index contributed by atoms with van der Waals surface area (Å²) >= 11 is 0. The van der Waals surface area contributed by atoms with E-state index >= 15 is 0 Å². The van der Waals surface area contributed by atoms with Crippen LogP contribution in [0.3, 0.4) is 0 Å². The molecule has 2 atom stereocenters. The van der Waals surface area contributed by atoms with Gasteiger partial charge in [-0.15, -0.1) is 24.0 Å². The molecule has 2 rings (SSSR count). The summed E-state index contributed by atoms with van der Waals surface area (Å²) in [5.41, 5.74) is -1.13. The number of piperazine rings is 1. The Morgan fingerprint density at radius 1 is 1.30 bits per heavy atom. The number of hydrogen-bond donors (Lipinski definition) is 3. The third-order valence-electron chi connectivity index (χ3n) is 4.89. The van der Waals surface area contributed by atoms with Crippen molar-refractivity contribution in [2.45, 2.75) is 39.3 Å². The molecule has 156 valence electrons. The molecule has 0 saturated carbocycles. The first kappa shape index (κ1) is 24.2. The fourth-order valence-corrected chi connectivity index (χ4v) is 3.01. The van der Waals surface area contributed by atoms with E-state index in [1.54, 1.807) is 13.0 Å². The van der Waals surface area contributed by atoms with E-state index in [-0.39, 0.29) is 30.5 Å². The molecule has 0 amide bonds. The molecule has 0 radical (unpaired) electrons. The van der Waals surface area contributed by atoms with Crippen LogP contribution in [0.15, 0.2) is 21.5 Å². The fourth-order valence-electron chi connectivity index (χ4n) is 3.01. The van der Waals surface area contributed by atoms with Crippen LogP contribution < -0.4 is 10.6 Å². The molecule has 0 spiro atoms. The monoisotopic (exact) mass is 493 g/mol. The zero-order valence-corrected chi connectivity index (χ0v) is 19.6. The summed E-state index contributed by atoms with van der Waals surface area (Å²) < 4.78 is 5.56. The zero-order valence-electron chi connectivity index (χ0n) is 17.3. The van der Waals surface area contributed by atoms with Gasteiger partial charge >= 0.3 is 0 Å². The van der Waals surface area contributed by atoms with Crippen molar-refractivity contribution in [3.8, 4) is 0 Å². The molecule has 1 saturated heterocycles. The molecule has 7 nitrogen and oxygen atoms in total. The SMILES string of the molecule is CCNC(=NCC(C)(O)c1ccc(C)o1)NCC(C)N1CCN(C)CC1.I. The van der Waals surface area contributed by atoms with Crippen LogP contribution in [-0.4, -0.2) is 79.8 Å². The largest absolute Gasteiger partial charge is 0.463 e. The second kappa shape index (κ2) is 11.2. The molecule has 2 unspecified atom stereocenters. The van der Waals surface area contributed by atoms with Gasteiger partial charge in [-0.05, 0) is 46.9 Å². The summed E-state index contributed by atoms with van der Waals surface area (Å²) in [5.74, 6) is 2.05. The third-order valence-corrected chi connectivity index (χ3v) is 4.89. The first-order valence-electron chi connectivity index (χ1n) is 9.56. The number of nitrogens with one attached hydrogen (secondary N) is 2. The first-order chi connectivity index (χ1) is 12.3. The van der Waals surface area contributed by atoms with Gasteiger partial charge in [-0.25, -0.2) is 4.99 Å². The van der Waals surface area contributed by atoms with Gasteiger partial charge in [0.1, 0.15) is 17.1 Å². The van der Waals surface area contributed by atoms with Crippen LogP contribution in [-0.2, 0) is 5.60 Å². The van der Waals surface area contributed by atoms with Gasteiger partial charge in [0.25, 0.3) is 0 Å². The highest BCUT2D eigenvalue weighted by Crippen LogP contribution is 2.23. The van der Waals surface area contributed by atoms with E-state index in [4.69, 9.17) is 4.42 Å². The number of hydrogen-bond acceptors (Lipinski definition) is 5. The summed E-state index contributed by atoms with van der Waals surface area (Å²) in [6, 6.07) is 4.09. The maximum atomic E-state index is 10.7. The second-order valence-electron chi connectivity index (χ2n) is 7.45. The number of aliphatic hydroxyl groups is 1. The van der Waals surface area contributed by atoms with Gasteiger partial charge in [-0.3, -0.25) is 4.90 Å². The Morgan fingerprint density at radius 2 is 1.96 bits per heavy atom. The van der Waals surface area contributed by atoms with E-state index in [0.717, 1.165) is 51.0 Å². The van der Waals surface area contributed by atoms with Crippen molar-refractivity contribution in [3.63, 3.8) is 0 Å². The first-order valence-corrected chi connectivity index (χ1v) is 9.56. The Morgan fingerprint density at radius 3 is 2.52 bits per heavy atom. The number of rotatable bonds is 7. The van der Waals surface area contributed by atoms with Crippen molar-refractivity contribution in [2.24, 2.45) is 4.99 Å². The van der Waals surface area contributed by atoms with Crippen LogP contribution in [0.1, 0.15) is 32.3 Å². The molecular formula is C19H36IN5O2. The van der Waals surface area contributed by atoms with Gasteiger partial charge in [-0.2, -0.15) is 0 Å². The van der Waals surface area contributed by atoms with Crippen molar-refractivity contribution < 1.29 is 9.52 Å². The number of furan rings is 1. The predicted molar refractivity (Wildman–Crippen MR) is 121 cm³/mol. The molecule has 8 heteroatoms. The Bertz CT molecular complexity index is 582. The maximum Gasteiger partial charge on any atom is 0.191 e. The van der Waals surface area contributed by atoms with Gasteiger partial charge in [0.2, 0.25) is 0 Å². The van der Waals surface area contributed by atoms with Crippen LogP contribution in [0.25, 0.3) is 0 Å². The molecule has 0 aliphatic carbocycles. The van der Waals surface area contributed by atoms with E-state index in [9.17, 15) is 5.11 Å². The van der Waals surface area contributed by atoms with Crippen molar-refractivity contribution in [1.29, 1.82) is 0 Å². The molecule has 27 heavy (non-hydrogen) atoms. The van der Waals surface area contributed by atoms with Crippen LogP contribution in [0.4, 0.5) is 0 Å². The molecule has 1 aliphatic heterocycles. The maximum absolute atomic E-state index is 10.7. The molecule has 2 heterocycles. The van der Waals surface area contributed by atoms with Crippen molar-refractivity contribution in [3.05, 3.63) is 23.7 Å². The van der Waals surface area contributed by atoms with E-state index in [2.05, 4.69) is 39.4 Å². The molecule has 1 aromatic heterocycles. The number of halogens is 1. The molecule has 0 bridgehead atoms. The van der Waals surface area contributed by atoms with Crippen LogP contribution in [0.5, 0.6) is 0 Å². The highest BCUT2D eigenvalue weighted by Gasteiger charge is 2.27. The lowest BCUT2D eigenvalue weighted by Gasteiger charge is -2.36. The molecule has 1 aromatic rings. The lowest BCUT2D eigenvalue weighted by Crippen LogP contribution is -2.52. The third kappa shape index (κ3) is 7.59. The summed E-state index contributed by atoms with van der Waals surface area (Å²) in [6.45, 7) is 14.1. The Labute approximate surface area is 180 Å². The van der Waals surface area contributed by atoms with E-state index in [0.29, 0.717) is 11.8 Å². The van der Waals surface area contributed by atoms with E-state index in [1.807, 2.05) is 19.9 Å². The average molecular weight is 493 g/mol. The van der Waals surface area contributed by atoms with Crippen molar-refractivity contribution in [2.75, 3.05) is 52.9 Å². The minimum absolute atomic E-state index is 0. The standard InChI is InChI=1S/C19H35N5O2.HI/c1-6-20-18(21-13-15(2)24-11-9-23(5)10-12-24)22-14-19(4,25)17-8-7-16(3)26-17;/h7-8,15,25H,6,9-14H2,1-5H3,(H2,20,21,22);1H. The molecule has 0 aromatic carbocycles. The minimum Gasteiger partial charge on any atom is -0.463 e. The normalized spacial score (nSPS) is 19.9. The number of aryl methyl sites for hydroxylation is 1. The predicted octanol–water partition coefficient (Wildman–Crippen LogP) is 1.60. The Kier molecular flexibility index (Phi) is 10.1. The molecule has 1 aliphatic rings. The van der Waals surface area contributed by atoms with Crippen molar-refractivity contribution >= 4 is 29.9 Å². The van der Waals surface area contributed by atoms with E-state index in [1.165, 1.54) is 0 Å². The highest BCUT2D eigenvalue weighted by molar-refractivity contribution is 14.0. The summed E-state index contributed by atoms with van der Waals surface area (Å²) in [4.78, 5) is 9.42.